The normalized spacial score (nSPS) is 44.8. The Bertz CT molecular complexity index is 421. The van der Waals surface area contributed by atoms with E-state index < -0.39 is 0 Å². The standard InChI is InChI=1S/C15H20O2/c1-9-5-4-7-15(3)8-6-11-10(2)14(16)17-13(11)12(9)15/h5,11-13H,2,4,6-8H2,1,3H3/t11-,12+,13-,15-/m0/s1. The van der Waals surface area contributed by atoms with Gasteiger partial charge in [-0.1, -0.05) is 25.2 Å². The molecule has 2 fully saturated rings. The summed E-state index contributed by atoms with van der Waals surface area (Å²) in [5, 5.41) is 0. The highest BCUT2D eigenvalue weighted by atomic mass is 16.6. The van der Waals surface area contributed by atoms with Crippen LogP contribution in [0.1, 0.15) is 39.5 Å². The Morgan fingerprint density at radius 1 is 1.47 bits per heavy atom. The minimum atomic E-state index is -0.164. The number of hydrogen-bond acceptors (Lipinski definition) is 2. The topological polar surface area (TPSA) is 26.3 Å². The van der Waals surface area contributed by atoms with Gasteiger partial charge in [-0.05, 0) is 38.0 Å². The van der Waals surface area contributed by atoms with E-state index in [1.807, 2.05) is 0 Å². The third-order valence-electron chi connectivity index (χ3n) is 5.13. The number of esters is 1. The van der Waals surface area contributed by atoms with Crippen LogP contribution in [0.3, 0.4) is 0 Å². The lowest BCUT2D eigenvalue weighted by atomic mass is 9.56. The van der Waals surface area contributed by atoms with Gasteiger partial charge in [0.25, 0.3) is 0 Å². The van der Waals surface area contributed by atoms with E-state index in [2.05, 4.69) is 26.5 Å². The first-order valence-corrected chi connectivity index (χ1v) is 6.59. The molecule has 92 valence electrons. The van der Waals surface area contributed by atoms with Crippen molar-refractivity contribution in [2.45, 2.75) is 45.6 Å². The maximum atomic E-state index is 11.7. The summed E-state index contributed by atoms with van der Waals surface area (Å²) in [6, 6.07) is 0. The Morgan fingerprint density at radius 2 is 2.24 bits per heavy atom. The monoisotopic (exact) mass is 232 g/mol. The average molecular weight is 232 g/mol. The lowest BCUT2D eigenvalue weighted by Crippen LogP contribution is -2.45. The molecule has 2 heteroatoms. The number of allylic oxidation sites excluding steroid dienone is 1. The van der Waals surface area contributed by atoms with Crippen molar-refractivity contribution in [2.24, 2.45) is 17.3 Å². The Hall–Kier alpha value is -1.05. The predicted molar refractivity (Wildman–Crippen MR) is 66.3 cm³/mol. The average Bonchev–Trinajstić information content (AvgIpc) is 2.54. The van der Waals surface area contributed by atoms with E-state index in [1.54, 1.807) is 0 Å². The molecule has 1 heterocycles. The molecule has 0 amide bonds. The highest BCUT2D eigenvalue weighted by Crippen LogP contribution is 2.55. The molecular formula is C15H20O2. The van der Waals surface area contributed by atoms with E-state index in [0.717, 1.165) is 6.42 Å². The fraction of sp³-hybridized carbons (Fsp3) is 0.667. The van der Waals surface area contributed by atoms with Gasteiger partial charge in [0.15, 0.2) is 0 Å². The van der Waals surface area contributed by atoms with E-state index in [0.29, 0.717) is 16.9 Å². The minimum Gasteiger partial charge on any atom is -0.458 e. The van der Waals surface area contributed by atoms with Gasteiger partial charge in [-0.25, -0.2) is 4.79 Å². The molecule has 0 aromatic heterocycles. The van der Waals surface area contributed by atoms with Crippen molar-refractivity contribution in [3.05, 3.63) is 23.8 Å². The van der Waals surface area contributed by atoms with Gasteiger partial charge in [0.1, 0.15) is 6.10 Å². The highest BCUT2D eigenvalue weighted by molar-refractivity contribution is 5.91. The first-order valence-electron chi connectivity index (χ1n) is 6.59. The molecule has 4 atom stereocenters. The molecule has 0 radical (unpaired) electrons. The Morgan fingerprint density at radius 3 is 3.00 bits per heavy atom. The number of carbonyl (C=O) groups is 1. The van der Waals surface area contributed by atoms with Gasteiger partial charge in [-0.15, -0.1) is 0 Å². The van der Waals surface area contributed by atoms with Crippen molar-refractivity contribution in [2.75, 3.05) is 0 Å². The first kappa shape index (κ1) is 11.1. The van der Waals surface area contributed by atoms with Crippen molar-refractivity contribution in [1.29, 1.82) is 0 Å². The zero-order valence-corrected chi connectivity index (χ0v) is 10.7. The fourth-order valence-corrected chi connectivity index (χ4v) is 4.15. The predicted octanol–water partition coefficient (Wildman–Crippen LogP) is 3.24. The SMILES string of the molecule is C=C1C(=O)O[C@@H]2[C@H]3C(C)=CCC[C@@]3(C)CC[C@@H]12. The summed E-state index contributed by atoms with van der Waals surface area (Å²) < 4.78 is 5.60. The van der Waals surface area contributed by atoms with E-state index >= 15 is 0 Å². The summed E-state index contributed by atoms with van der Waals surface area (Å²) in [5.74, 6) is 0.517. The van der Waals surface area contributed by atoms with Crippen molar-refractivity contribution < 1.29 is 9.53 Å². The third-order valence-corrected chi connectivity index (χ3v) is 5.13. The molecule has 0 unspecified atom stereocenters. The van der Waals surface area contributed by atoms with Crippen molar-refractivity contribution >= 4 is 5.97 Å². The largest absolute Gasteiger partial charge is 0.458 e. The highest BCUT2D eigenvalue weighted by Gasteiger charge is 2.54. The van der Waals surface area contributed by atoms with Crippen LogP contribution in [0.2, 0.25) is 0 Å². The summed E-state index contributed by atoms with van der Waals surface area (Å²) in [4.78, 5) is 11.7. The lowest BCUT2D eigenvalue weighted by molar-refractivity contribution is -0.144. The molecule has 0 spiro atoms. The molecule has 17 heavy (non-hydrogen) atoms. The second kappa shape index (κ2) is 3.47. The summed E-state index contributed by atoms with van der Waals surface area (Å²) >= 11 is 0. The maximum absolute atomic E-state index is 11.7. The number of rotatable bonds is 0. The van der Waals surface area contributed by atoms with Crippen LogP contribution >= 0.6 is 0 Å². The molecule has 1 aliphatic heterocycles. The van der Waals surface area contributed by atoms with Gasteiger partial charge in [-0.2, -0.15) is 0 Å². The smallest absolute Gasteiger partial charge is 0.334 e. The first-order chi connectivity index (χ1) is 8.03. The van der Waals surface area contributed by atoms with Gasteiger partial charge in [0.05, 0.1) is 0 Å². The molecule has 0 N–H and O–H groups in total. The number of ether oxygens (including phenoxy) is 1. The molecule has 0 aromatic carbocycles. The van der Waals surface area contributed by atoms with Crippen LogP contribution in [-0.4, -0.2) is 12.1 Å². The molecular weight excluding hydrogens is 212 g/mol. The van der Waals surface area contributed by atoms with Crippen LogP contribution in [0.4, 0.5) is 0 Å². The molecule has 1 saturated heterocycles. The van der Waals surface area contributed by atoms with E-state index in [-0.39, 0.29) is 18.0 Å². The fourth-order valence-electron chi connectivity index (χ4n) is 4.15. The number of carbonyl (C=O) groups excluding carboxylic acids is 1. The quantitative estimate of drug-likeness (QED) is 0.364. The number of hydrogen-bond donors (Lipinski definition) is 0. The maximum Gasteiger partial charge on any atom is 0.334 e. The Balaban J connectivity index is 2.00. The molecule has 2 aliphatic carbocycles. The zero-order chi connectivity index (χ0) is 12.2. The van der Waals surface area contributed by atoms with E-state index in [4.69, 9.17) is 4.74 Å². The van der Waals surface area contributed by atoms with Crippen molar-refractivity contribution in [1.82, 2.24) is 0 Å². The minimum absolute atomic E-state index is 0.0605. The lowest BCUT2D eigenvalue weighted by Gasteiger charge is -2.49. The molecule has 1 saturated carbocycles. The van der Waals surface area contributed by atoms with E-state index in [9.17, 15) is 4.79 Å². The summed E-state index contributed by atoms with van der Waals surface area (Å²) in [6.45, 7) is 8.47. The van der Waals surface area contributed by atoms with E-state index in [1.165, 1.54) is 24.8 Å². The number of fused-ring (bicyclic) bond motifs is 3. The summed E-state index contributed by atoms with van der Waals surface area (Å²) in [7, 11) is 0. The van der Waals surface area contributed by atoms with Crippen LogP contribution < -0.4 is 0 Å². The summed E-state index contributed by atoms with van der Waals surface area (Å²) in [5.41, 5.74) is 2.44. The van der Waals surface area contributed by atoms with Gasteiger partial charge >= 0.3 is 5.97 Å². The van der Waals surface area contributed by atoms with Gasteiger partial charge in [0, 0.05) is 17.4 Å². The van der Waals surface area contributed by atoms with Crippen LogP contribution in [0.25, 0.3) is 0 Å². The van der Waals surface area contributed by atoms with Crippen LogP contribution in [0.5, 0.6) is 0 Å². The zero-order valence-electron chi connectivity index (χ0n) is 10.7. The Labute approximate surface area is 103 Å². The van der Waals surface area contributed by atoms with Gasteiger partial charge in [0.2, 0.25) is 0 Å². The molecule has 0 aromatic rings. The summed E-state index contributed by atoms with van der Waals surface area (Å²) in [6.07, 6.45) is 7.04. The molecule has 0 bridgehead atoms. The molecule has 3 rings (SSSR count). The van der Waals surface area contributed by atoms with Crippen LogP contribution in [0, 0.1) is 17.3 Å². The van der Waals surface area contributed by atoms with Crippen LogP contribution in [-0.2, 0) is 9.53 Å². The second-order valence-corrected chi connectivity index (χ2v) is 6.16. The van der Waals surface area contributed by atoms with Gasteiger partial charge < -0.3 is 4.74 Å². The van der Waals surface area contributed by atoms with Crippen molar-refractivity contribution in [3.63, 3.8) is 0 Å². The molecule has 2 nitrogen and oxygen atoms in total. The second-order valence-electron chi connectivity index (χ2n) is 6.16. The third kappa shape index (κ3) is 1.42. The Kier molecular flexibility index (Phi) is 2.26. The van der Waals surface area contributed by atoms with Crippen molar-refractivity contribution in [3.8, 4) is 0 Å². The molecule has 3 aliphatic rings. The van der Waals surface area contributed by atoms with Crippen LogP contribution in [0.15, 0.2) is 23.8 Å². The van der Waals surface area contributed by atoms with Gasteiger partial charge in [-0.3, -0.25) is 0 Å².